The van der Waals surface area contributed by atoms with E-state index in [1.807, 2.05) is 50.2 Å². The third kappa shape index (κ3) is 2.64. The van der Waals surface area contributed by atoms with E-state index in [9.17, 15) is 4.79 Å². The molecule has 1 fully saturated rings. The van der Waals surface area contributed by atoms with Gasteiger partial charge in [0.2, 0.25) is 5.91 Å². The Morgan fingerprint density at radius 3 is 2.61 bits per heavy atom. The molecule has 0 aromatic heterocycles. The second-order valence-corrected chi connectivity index (χ2v) is 5.11. The van der Waals surface area contributed by atoms with Gasteiger partial charge in [-0.25, -0.2) is 0 Å². The Hall–Kier alpha value is -1.55. The van der Waals surface area contributed by atoms with Crippen molar-refractivity contribution in [3.63, 3.8) is 0 Å². The molecule has 1 heterocycles. The summed E-state index contributed by atoms with van der Waals surface area (Å²) in [5.74, 6) is 0.633. The predicted molar refractivity (Wildman–Crippen MR) is 74.9 cm³/mol. The third-order valence-corrected chi connectivity index (χ3v) is 3.58. The smallest absolute Gasteiger partial charge is 0.227 e. The monoisotopic (exact) mass is 247 g/mol. The average molecular weight is 247 g/mol. The van der Waals surface area contributed by atoms with Gasteiger partial charge in [-0.3, -0.25) is 4.79 Å². The highest BCUT2D eigenvalue weighted by Gasteiger charge is 2.28. The fourth-order valence-electron chi connectivity index (χ4n) is 2.09. The van der Waals surface area contributed by atoms with Gasteiger partial charge in [0.05, 0.1) is 11.4 Å². The van der Waals surface area contributed by atoms with Crippen LogP contribution < -0.4 is 15.5 Å². The molecule has 4 heteroatoms. The summed E-state index contributed by atoms with van der Waals surface area (Å²) in [6.07, 6.45) is 0. The lowest BCUT2D eigenvalue weighted by molar-refractivity contribution is -0.121. The van der Waals surface area contributed by atoms with E-state index in [0.717, 1.165) is 24.5 Å². The second kappa shape index (κ2) is 5.40. The summed E-state index contributed by atoms with van der Waals surface area (Å²) >= 11 is 0. The maximum absolute atomic E-state index is 12.2. The highest BCUT2D eigenvalue weighted by molar-refractivity contribution is 5.95. The van der Waals surface area contributed by atoms with Crippen LogP contribution in [0.5, 0.6) is 0 Å². The van der Waals surface area contributed by atoms with E-state index in [2.05, 4.69) is 10.6 Å². The van der Waals surface area contributed by atoms with Gasteiger partial charge in [-0.1, -0.05) is 19.1 Å². The standard InChI is InChI=1S/C14H21N3O/c1-10(11-8-15-9-11)14(18)16-12-6-4-5-7-13(12)17(2)3/h4-7,10-11,15H,8-9H2,1-3H3,(H,16,18). The summed E-state index contributed by atoms with van der Waals surface area (Å²) in [5.41, 5.74) is 1.91. The number of anilines is 2. The van der Waals surface area contributed by atoms with E-state index in [-0.39, 0.29) is 11.8 Å². The topological polar surface area (TPSA) is 44.4 Å². The Bertz CT molecular complexity index is 427. The van der Waals surface area contributed by atoms with Crippen LogP contribution in [0.4, 0.5) is 11.4 Å². The van der Waals surface area contributed by atoms with Crippen molar-refractivity contribution in [2.75, 3.05) is 37.4 Å². The molecule has 1 saturated heterocycles. The van der Waals surface area contributed by atoms with Crippen LogP contribution in [-0.4, -0.2) is 33.1 Å². The number of rotatable bonds is 4. The van der Waals surface area contributed by atoms with Crippen molar-refractivity contribution >= 4 is 17.3 Å². The van der Waals surface area contributed by atoms with Crippen molar-refractivity contribution in [1.29, 1.82) is 0 Å². The molecule has 1 aromatic carbocycles. The zero-order valence-corrected chi connectivity index (χ0v) is 11.2. The first-order valence-corrected chi connectivity index (χ1v) is 6.37. The van der Waals surface area contributed by atoms with E-state index < -0.39 is 0 Å². The number of benzene rings is 1. The normalized spacial score (nSPS) is 16.8. The van der Waals surface area contributed by atoms with Crippen LogP contribution in [0, 0.1) is 11.8 Å². The Labute approximate surface area is 108 Å². The highest BCUT2D eigenvalue weighted by Crippen LogP contribution is 2.25. The first kappa shape index (κ1) is 12.9. The van der Waals surface area contributed by atoms with E-state index in [1.165, 1.54) is 0 Å². The summed E-state index contributed by atoms with van der Waals surface area (Å²) in [5, 5.41) is 6.23. The molecule has 1 aliphatic rings. The summed E-state index contributed by atoms with van der Waals surface area (Å²) in [7, 11) is 3.95. The molecular formula is C14H21N3O. The third-order valence-electron chi connectivity index (χ3n) is 3.58. The zero-order chi connectivity index (χ0) is 13.1. The highest BCUT2D eigenvalue weighted by atomic mass is 16.1. The molecule has 4 nitrogen and oxygen atoms in total. The lowest BCUT2D eigenvalue weighted by Gasteiger charge is -2.32. The van der Waals surface area contributed by atoms with Gasteiger partial charge in [0.15, 0.2) is 0 Å². The van der Waals surface area contributed by atoms with Gasteiger partial charge >= 0.3 is 0 Å². The van der Waals surface area contributed by atoms with Crippen LogP contribution in [0.25, 0.3) is 0 Å². The molecule has 98 valence electrons. The van der Waals surface area contributed by atoms with E-state index in [1.54, 1.807) is 0 Å². The molecule has 0 radical (unpaired) electrons. The van der Waals surface area contributed by atoms with Gasteiger partial charge in [0.1, 0.15) is 0 Å². The number of carbonyl (C=O) groups excluding carboxylic acids is 1. The first-order chi connectivity index (χ1) is 8.59. The number of amides is 1. The minimum absolute atomic E-state index is 0.0569. The molecule has 0 bridgehead atoms. The van der Waals surface area contributed by atoms with Gasteiger partial charge in [-0.15, -0.1) is 0 Å². The minimum atomic E-state index is 0.0569. The van der Waals surface area contributed by atoms with Gasteiger partial charge in [0, 0.05) is 20.0 Å². The van der Waals surface area contributed by atoms with Crippen LogP contribution in [0.3, 0.4) is 0 Å². The number of nitrogens with one attached hydrogen (secondary N) is 2. The lowest BCUT2D eigenvalue weighted by atomic mass is 9.88. The Morgan fingerprint density at radius 1 is 1.39 bits per heavy atom. The maximum atomic E-state index is 12.2. The zero-order valence-electron chi connectivity index (χ0n) is 11.2. The molecule has 18 heavy (non-hydrogen) atoms. The van der Waals surface area contributed by atoms with E-state index in [4.69, 9.17) is 0 Å². The molecule has 1 unspecified atom stereocenters. The summed E-state index contributed by atoms with van der Waals surface area (Å²) in [4.78, 5) is 14.2. The molecule has 0 spiro atoms. The van der Waals surface area contributed by atoms with Gasteiger partial charge in [-0.05, 0) is 31.1 Å². The summed E-state index contributed by atoms with van der Waals surface area (Å²) in [6, 6.07) is 7.87. The van der Waals surface area contributed by atoms with Crippen molar-refractivity contribution < 1.29 is 4.79 Å². The lowest BCUT2D eigenvalue weighted by Crippen LogP contribution is -2.48. The Balaban J connectivity index is 2.06. The van der Waals surface area contributed by atoms with Crippen molar-refractivity contribution in [2.24, 2.45) is 11.8 Å². The number of carbonyl (C=O) groups is 1. The quantitative estimate of drug-likeness (QED) is 0.848. The summed E-state index contributed by atoms with van der Waals surface area (Å²) < 4.78 is 0. The van der Waals surface area contributed by atoms with Crippen LogP contribution in [0.1, 0.15) is 6.92 Å². The molecule has 0 saturated carbocycles. The van der Waals surface area contributed by atoms with Crippen molar-refractivity contribution in [3.8, 4) is 0 Å². The molecule has 2 N–H and O–H groups in total. The summed E-state index contributed by atoms with van der Waals surface area (Å²) in [6.45, 7) is 3.90. The van der Waals surface area contributed by atoms with Crippen LogP contribution in [-0.2, 0) is 4.79 Å². The van der Waals surface area contributed by atoms with Crippen molar-refractivity contribution in [3.05, 3.63) is 24.3 Å². The van der Waals surface area contributed by atoms with Crippen molar-refractivity contribution in [2.45, 2.75) is 6.92 Å². The molecule has 2 rings (SSSR count). The Morgan fingerprint density at radius 2 is 2.06 bits per heavy atom. The molecule has 1 atom stereocenters. The van der Waals surface area contributed by atoms with E-state index >= 15 is 0 Å². The molecule has 0 aliphatic carbocycles. The fourth-order valence-corrected chi connectivity index (χ4v) is 2.09. The molecule has 1 amide bonds. The number of hydrogen-bond acceptors (Lipinski definition) is 3. The average Bonchev–Trinajstić information content (AvgIpc) is 2.27. The number of hydrogen-bond donors (Lipinski definition) is 2. The molecular weight excluding hydrogens is 226 g/mol. The van der Waals surface area contributed by atoms with Crippen molar-refractivity contribution in [1.82, 2.24) is 5.32 Å². The largest absolute Gasteiger partial charge is 0.376 e. The van der Waals surface area contributed by atoms with Crippen LogP contribution in [0.2, 0.25) is 0 Å². The second-order valence-electron chi connectivity index (χ2n) is 5.11. The minimum Gasteiger partial charge on any atom is -0.376 e. The van der Waals surface area contributed by atoms with Crippen LogP contribution in [0.15, 0.2) is 24.3 Å². The van der Waals surface area contributed by atoms with Gasteiger partial charge in [0.25, 0.3) is 0 Å². The first-order valence-electron chi connectivity index (χ1n) is 6.37. The van der Waals surface area contributed by atoms with Gasteiger partial charge < -0.3 is 15.5 Å². The molecule has 1 aliphatic heterocycles. The number of nitrogens with zero attached hydrogens (tertiary/aromatic N) is 1. The number of para-hydroxylation sites is 2. The van der Waals surface area contributed by atoms with E-state index in [0.29, 0.717) is 5.92 Å². The van der Waals surface area contributed by atoms with Crippen LogP contribution >= 0.6 is 0 Å². The van der Waals surface area contributed by atoms with Gasteiger partial charge in [-0.2, -0.15) is 0 Å². The molecule has 1 aromatic rings. The SMILES string of the molecule is CC(C(=O)Nc1ccccc1N(C)C)C1CNC1. The maximum Gasteiger partial charge on any atom is 0.227 e. The fraction of sp³-hybridized carbons (Fsp3) is 0.500. The predicted octanol–water partition coefficient (Wildman–Crippen LogP) is 1.55. The Kier molecular flexibility index (Phi) is 3.87.